The Hall–Kier alpha value is -3.63. The fourth-order valence-corrected chi connectivity index (χ4v) is 4.53. The molecule has 4 aromatic rings. The lowest BCUT2D eigenvalue weighted by Gasteiger charge is -2.08. The van der Waals surface area contributed by atoms with Crippen LogP contribution >= 0.6 is 0 Å². The molecule has 1 heteroatoms. The zero-order chi connectivity index (χ0) is 25.2. The summed E-state index contributed by atoms with van der Waals surface area (Å²) < 4.78 is 15.2. The molecule has 0 unspecified atom stereocenters. The van der Waals surface area contributed by atoms with Crippen molar-refractivity contribution in [3.05, 3.63) is 120 Å². The monoisotopic (exact) mass is 474 g/mol. The molecule has 0 amide bonds. The first-order valence-electron chi connectivity index (χ1n) is 13.2. The van der Waals surface area contributed by atoms with Crippen molar-refractivity contribution in [3.8, 4) is 23.0 Å². The van der Waals surface area contributed by atoms with Gasteiger partial charge in [0.05, 0.1) is 5.56 Å². The minimum Gasteiger partial charge on any atom is -0.205 e. The zero-order valence-electron chi connectivity index (χ0n) is 21.3. The van der Waals surface area contributed by atoms with Crippen molar-refractivity contribution in [2.75, 3.05) is 0 Å². The van der Waals surface area contributed by atoms with E-state index in [1.807, 2.05) is 36.4 Å². The van der Waals surface area contributed by atoms with Crippen molar-refractivity contribution < 1.29 is 4.39 Å². The first-order chi connectivity index (χ1) is 17.7. The molecule has 0 bridgehead atoms. The maximum absolute atomic E-state index is 15.2. The number of aryl methyl sites for hydroxylation is 2. The Labute approximate surface area is 215 Å². The molecule has 0 aliphatic rings. The summed E-state index contributed by atoms with van der Waals surface area (Å²) in [5, 5.41) is 1.50. The van der Waals surface area contributed by atoms with Crippen molar-refractivity contribution in [1.29, 1.82) is 0 Å². The standard InChI is InChI=1S/C35H35F/c1-3-5-7-8-9-11-28-16-19-30(20-17-28)32-24-25-34-33(26-32)23-22-31(35(34)36)21-18-29-14-12-27(13-15-29)10-6-4-2/h4,12-17,19-20,22-26H,2-3,5-11H2,1H3. The highest BCUT2D eigenvalue weighted by Crippen LogP contribution is 2.28. The Morgan fingerprint density at radius 3 is 2.17 bits per heavy atom. The van der Waals surface area contributed by atoms with Crippen LogP contribution in [0.25, 0.3) is 21.9 Å². The first kappa shape index (κ1) is 25.5. The third-order valence-electron chi connectivity index (χ3n) is 6.74. The maximum atomic E-state index is 15.2. The van der Waals surface area contributed by atoms with Gasteiger partial charge < -0.3 is 0 Å². The van der Waals surface area contributed by atoms with Crippen molar-refractivity contribution in [1.82, 2.24) is 0 Å². The van der Waals surface area contributed by atoms with Crippen LogP contribution in [0.15, 0.2) is 91.5 Å². The summed E-state index contributed by atoms with van der Waals surface area (Å²) >= 11 is 0. The second-order valence-electron chi connectivity index (χ2n) is 9.50. The third-order valence-corrected chi connectivity index (χ3v) is 6.74. The molecule has 0 fully saturated rings. The largest absolute Gasteiger partial charge is 0.205 e. The van der Waals surface area contributed by atoms with E-state index in [2.05, 4.69) is 67.8 Å². The molecule has 0 heterocycles. The summed E-state index contributed by atoms with van der Waals surface area (Å²) in [6, 6.07) is 26.7. The smallest absolute Gasteiger partial charge is 0.146 e. The number of benzene rings is 4. The van der Waals surface area contributed by atoms with Crippen LogP contribution in [-0.2, 0) is 12.8 Å². The fraction of sp³-hybridized carbons (Fsp3) is 0.257. The molecule has 0 aromatic heterocycles. The number of fused-ring (bicyclic) bond motifs is 1. The van der Waals surface area contributed by atoms with Crippen molar-refractivity contribution in [2.45, 2.75) is 58.3 Å². The van der Waals surface area contributed by atoms with E-state index in [-0.39, 0.29) is 5.82 Å². The zero-order valence-corrected chi connectivity index (χ0v) is 21.3. The van der Waals surface area contributed by atoms with Crippen LogP contribution in [0.5, 0.6) is 0 Å². The lowest BCUT2D eigenvalue weighted by atomic mass is 9.97. The lowest BCUT2D eigenvalue weighted by Crippen LogP contribution is -1.89. The first-order valence-corrected chi connectivity index (χ1v) is 13.2. The minimum atomic E-state index is -0.257. The number of hydrogen-bond donors (Lipinski definition) is 0. The van der Waals surface area contributed by atoms with E-state index in [0.29, 0.717) is 10.9 Å². The van der Waals surface area contributed by atoms with E-state index < -0.39 is 0 Å². The molecule has 36 heavy (non-hydrogen) atoms. The van der Waals surface area contributed by atoms with Gasteiger partial charge in [-0.25, -0.2) is 4.39 Å². The van der Waals surface area contributed by atoms with Crippen LogP contribution < -0.4 is 0 Å². The van der Waals surface area contributed by atoms with Gasteiger partial charge in [-0.2, -0.15) is 0 Å². The summed E-state index contributed by atoms with van der Waals surface area (Å²) in [5.74, 6) is 5.87. The molecule has 0 N–H and O–H groups in total. The SMILES string of the molecule is C=CCCc1ccc(C#Cc2ccc3cc(-c4ccc(CCCCCCC)cc4)ccc3c2F)cc1. The van der Waals surface area contributed by atoms with Gasteiger partial charge in [0.1, 0.15) is 5.82 Å². The number of hydrogen-bond acceptors (Lipinski definition) is 0. The van der Waals surface area contributed by atoms with E-state index in [9.17, 15) is 0 Å². The third kappa shape index (κ3) is 6.73. The van der Waals surface area contributed by atoms with E-state index in [4.69, 9.17) is 0 Å². The number of rotatable bonds is 10. The van der Waals surface area contributed by atoms with Crippen LogP contribution in [0.2, 0.25) is 0 Å². The van der Waals surface area contributed by atoms with Gasteiger partial charge in [-0.3, -0.25) is 0 Å². The fourth-order valence-electron chi connectivity index (χ4n) is 4.53. The second-order valence-corrected chi connectivity index (χ2v) is 9.50. The molecule has 182 valence electrons. The lowest BCUT2D eigenvalue weighted by molar-refractivity contribution is 0.632. The summed E-state index contributed by atoms with van der Waals surface area (Å²) in [5.41, 5.74) is 6.21. The summed E-state index contributed by atoms with van der Waals surface area (Å²) in [6.45, 7) is 6.02. The van der Waals surface area contributed by atoms with Gasteiger partial charge >= 0.3 is 0 Å². The summed E-state index contributed by atoms with van der Waals surface area (Å²) in [6.07, 6.45) is 11.5. The van der Waals surface area contributed by atoms with Gasteiger partial charge in [0.15, 0.2) is 0 Å². The molecule has 4 rings (SSSR count). The van der Waals surface area contributed by atoms with Gasteiger partial charge in [0.25, 0.3) is 0 Å². The maximum Gasteiger partial charge on any atom is 0.146 e. The topological polar surface area (TPSA) is 0 Å². The van der Waals surface area contributed by atoms with E-state index in [1.54, 1.807) is 6.07 Å². The van der Waals surface area contributed by atoms with Crippen LogP contribution in [0.4, 0.5) is 4.39 Å². The average molecular weight is 475 g/mol. The number of allylic oxidation sites excluding steroid dienone is 1. The Kier molecular flexibility index (Phi) is 9.12. The second kappa shape index (κ2) is 12.9. The Morgan fingerprint density at radius 1 is 0.722 bits per heavy atom. The van der Waals surface area contributed by atoms with Crippen LogP contribution in [0, 0.1) is 17.7 Å². The molecule has 0 aliphatic heterocycles. The molecule has 0 saturated carbocycles. The Balaban J connectivity index is 1.46. The summed E-state index contributed by atoms with van der Waals surface area (Å²) in [4.78, 5) is 0. The summed E-state index contributed by atoms with van der Waals surface area (Å²) in [7, 11) is 0. The van der Waals surface area contributed by atoms with Crippen LogP contribution in [0.3, 0.4) is 0 Å². The highest BCUT2D eigenvalue weighted by atomic mass is 19.1. The van der Waals surface area contributed by atoms with E-state index in [1.165, 1.54) is 43.2 Å². The Morgan fingerprint density at radius 2 is 1.42 bits per heavy atom. The average Bonchev–Trinajstić information content (AvgIpc) is 2.92. The normalized spacial score (nSPS) is 10.7. The highest BCUT2D eigenvalue weighted by Gasteiger charge is 2.08. The minimum absolute atomic E-state index is 0.257. The van der Waals surface area contributed by atoms with Gasteiger partial charge in [-0.1, -0.05) is 105 Å². The molecule has 0 saturated heterocycles. The van der Waals surface area contributed by atoms with Gasteiger partial charge in [0, 0.05) is 10.9 Å². The molecule has 0 aliphatic carbocycles. The van der Waals surface area contributed by atoms with Gasteiger partial charge in [-0.05, 0) is 77.6 Å². The van der Waals surface area contributed by atoms with Gasteiger partial charge in [0.2, 0.25) is 0 Å². The van der Waals surface area contributed by atoms with E-state index >= 15 is 4.39 Å². The number of unbranched alkanes of at least 4 members (excludes halogenated alkanes) is 4. The molecular weight excluding hydrogens is 439 g/mol. The quantitative estimate of drug-likeness (QED) is 0.122. The molecule has 0 radical (unpaired) electrons. The highest BCUT2D eigenvalue weighted by molar-refractivity contribution is 5.89. The van der Waals surface area contributed by atoms with Gasteiger partial charge in [-0.15, -0.1) is 6.58 Å². The molecule has 4 aromatic carbocycles. The molecule has 0 atom stereocenters. The van der Waals surface area contributed by atoms with Crippen LogP contribution in [0.1, 0.15) is 67.7 Å². The molecular formula is C35H35F. The van der Waals surface area contributed by atoms with Crippen molar-refractivity contribution in [2.24, 2.45) is 0 Å². The van der Waals surface area contributed by atoms with E-state index in [0.717, 1.165) is 41.3 Å². The van der Waals surface area contributed by atoms with Crippen molar-refractivity contribution in [3.63, 3.8) is 0 Å². The van der Waals surface area contributed by atoms with Crippen LogP contribution in [-0.4, -0.2) is 0 Å². The van der Waals surface area contributed by atoms with Crippen molar-refractivity contribution >= 4 is 10.8 Å². The predicted molar refractivity (Wildman–Crippen MR) is 153 cm³/mol. The Bertz CT molecular complexity index is 1350. The number of halogens is 1. The predicted octanol–water partition coefficient (Wildman–Crippen LogP) is 9.68. The molecule has 0 spiro atoms. The molecule has 0 nitrogen and oxygen atoms in total.